The number of aryl methyl sites for hydroxylation is 1. The van der Waals surface area contributed by atoms with Crippen molar-refractivity contribution in [2.45, 2.75) is 18.4 Å². The molecule has 0 radical (unpaired) electrons. The van der Waals surface area contributed by atoms with Gasteiger partial charge < -0.3 is 0 Å². The number of carbonyl (C=O) groups excluding carboxylic acids is 1. The second-order valence-corrected chi connectivity index (χ2v) is 7.30. The summed E-state index contributed by atoms with van der Waals surface area (Å²) in [7, 11) is -4.59. The lowest BCUT2D eigenvalue weighted by Crippen LogP contribution is -2.43. The molecule has 0 bridgehead atoms. The number of fused-ring (bicyclic) bond motifs is 1. The highest BCUT2D eigenvalue weighted by atomic mass is 32.2. The normalized spacial score (nSPS) is 11.5. The van der Waals surface area contributed by atoms with E-state index in [4.69, 9.17) is 0 Å². The molecular weight excluding hydrogens is 394 g/mol. The first-order valence-electron chi connectivity index (χ1n) is 8.01. The number of hydrazine groups is 1. The van der Waals surface area contributed by atoms with Gasteiger partial charge in [0.25, 0.3) is 21.5 Å². The summed E-state index contributed by atoms with van der Waals surface area (Å²) in [6, 6.07) is 8.08. The average molecular weight is 408 g/mol. The third-order valence-electron chi connectivity index (χ3n) is 3.86. The highest BCUT2D eigenvalue weighted by molar-refractivity contribution is 7.89. The van der Waals surface area contributed by atoms with Crippen molar-refractivity contribution in [2.75, 3.05) is 0 Å². The predicted octanol–water partition coefficient (Wildman–Crippen LogP) is 1.32. The van der Waals surface area contributed by atoms with Crippen LogP contribution in [0.1, 0.15) is 17.4 Å². The van der Waals surface area contributed by atoms with E-state index < -0.39 is 38.0 Å². The SMILES string of the molecule is CCn1nc(C(=O)NNS(=O)(=O)c2cc(F)ccc2F)c2ccccc2c1=O. The van der Waals surface area contributed by atoms with Gasteiger partial charge in [-0.25, -0.2) is 21.9 Å². The number of aromatic nitrogens is 2. The van der Waals surface area contributed by atoms with E-state index in [1.165, 1.54) is 12.1 Å². The van der Waals surface area contributed by atoms with Crippen LogP contribution in [-0.4, -0.2) is 24.1 Å². The maximum Gasteiger partial charge on any atom is 0.287 e. The van der Waals surface area contributed by atoms with Crippen molar-refractivity contribution in [3.8, 4) is 0 Å². The zero-order valence-electron chi connectivity index (χ0n) is 14.4. The first-order valence-corrected chi connectivity index (χ1v) is 9.50. The van der Waals surface area contributed by atoms with Crippen molar-refractivity contribution in [1.82, 2.24) is 20.0 Å². The van der Waals surface area contributed by atoms with Crippen LogP contribution in [-0.2, 0) is 16.6 Å². The number of halogens is 2. The molecule has 0 atom stereocenters. The van der Waals surface area contributed by atoms with Crippen LogP contribution in [0.15, 0.2) is 52.2 Å². The minimum absolute atomic E-state index is 0.185. The Bertz CT molecular complexity index is 1240. The molecule has 1 heterocycles. The summed E-state index contributed by atoms with van der Waals surface area (Å²) >= 11 is 0. The molecule has 0 fully saturated rings. The summed E-state index contributed by atoms with van der Waals surface area (Å²) in [4.78, 5) is 25.5. The Balaban J connectivity index is 1.95. The number of rotatable bonds is 5. The lowest BCUT2D eigenvalue weighted by Gasteiger charge is -2.11. The second-order valence-electron chi connectivity index (χ2n) is 5.65. The topological polar surface area (TPSA) is 110 Å². The van der Waals surface area contributed by atoms with Gasteiger partial charge in [0.2, 0.25) is 0 Å². The first kappa shape index (κ1) is 19.6. The van der Waals surface area contributed by atoms with E-state index in [1.807, 2.05) is 5.43 Å². The molecule has 1 amide bonds. The highest BCUT2D eigenvalue weighted by Gasteiger charge is 2.22. The standard InChI is InChI=1S/C17H14F2N4O4S/c1-2-23-17(25)12-6-4-3-5-11(12)15(21-23)16(24)20-22-28(26,27)14-9-10(18)7-8-13(14)19/h3-9,22H,2H2,1H3,(H,20,24). The summed E-state index contributed by atoms with van der Waals surface area (Å²) in [5.41, 5.74) is 1.29. The van der Waals surface area contributed by atoms with Crippen LogP contribution in [0.4, 0.5) is 8.78 Å². The van der Waals surface area contributed by atoms with Crippen LogP contribution in [0, 0.1) is 11.6 Å². The van der Waals surface area contributed by atoms with E-state index in [0.717, 1.165) is 10.7 Å². The van der Waals surface area contributed by atoms with Crippen molar-refractivity contribution in [3.63, 3.8) is 0 Å². The number of nitrogens with zero attached hydrogens (tertiary/aromatic N) is 2. The molecule has 0 saturated heterocycles. The fourth-order valence-electron chi connectivity index (χ4n) is 2.53. The molecule has 2 aromatic carbocycles. The first-order chi connectivity index (χ1) is 13.2. The zero-order valence-corrected chi connectivity index (χ0v) is 15.3. The highest BCUT2D eigenvalue weighted by Crippen LogP contribution is 2.16. The van der Waals surface area contributed by atoms with Crippen molar-refractivity contribution in [2.24, 2.45) is 0 Å². The van der Waals surface area contributed by atoms with Gasteiger partial charge in [-0.3, -0.25) is 15.0 Å². The van der Waals surface area contributed by atoms with E-state index in [1.54, 1.807) is 23.9 Å². The summed E-state index contributed by atoms with van der Waals surface area (Å²) in [6.45, 7) is 1.84. The molecule has 0 aliphatic heterocycles. The number of hydrogen-bond acceptors (Lipinski definition) is 5. The second kappa shape index (κ2) is 7.44. The molecule has 11 heteroatoms. The van der Waals surface area contributed by atoms with Crippen LogP contribution in [0.5, 0.6) is 0 Å². The largest absolute Gasteiger partial charge is 0.287 e. The Morgan fingerprint density at radius 3 is 2.50 bits per heavy atom. The third-order valence-corrected chi connectivity index (χ3v) is 5.13. The molecule has 0 saturated carbocycles. The molecule has 2 N–H and O–H groups in total. The number of nitrogens with one attached hydrogen (secondary N) is 2. The van der Waals surface area contributed by atoms with Gasteiger partial charge in [-0.15, -0.1) is 4.83 Å². The molecule has 0 unspecified atom stereocenters. The number of amides is 1. The molecule has 3 rings (SSSR count). The van der Waals surface area contributed by atoms with Crippen LogP contribution < -0.4 is 15.8 Å². The van der Waals surface area contributed by atoms with Crippen LogP contribution in [0.25, 0.3) is 10.8 Å². The smallest absolute Gasteiger partial charge is 0.272 e. The van der Waals surface area contributed by atoms with Gasteiger partial charge >= 0.3 is 0 Å². The lowest BCUT2D eigenvalue weighted by atomic mass is 10.1. The van der Waals surface area contributed by atoms with Crippen LogP contribution in [0.3, 0.4) is 0 Å². The van der Waals surface area contributed by atoms with Crippen molar-refractivity contribution in [3.05, 3.63) is 70.1 Å². The fraction of sp³-hybridized carbons (Fsp3) is 0.118. The van der Waals surface area contributed by atoms with Gasteiger partial charge in [-0.05, 0) is 31.2 Å². The Kier molecular flexibility index (Phi) is 5.21. The Morgan fingerprint density at radius 1 is 1.14 bits per heavy atom. The number of hydrogen-bond donors (Lipinski definition) is 2. The Morgan fingerprint density at radius 2 is 1.82 bits per heavy atom. The van der Waals surface area contributed by atoms with E-state index >= 15 is 0 Å². The average Bonchev–Trinajstić information content (AvgIpc) is 2.68. The molecule has 1 aromatic heterocycles. The van der Waals surface area contributed by atoms with Crippen LogP contribution in [0.2, 0.25) is 0 Å². The van der Waals surface area contributed by atoms with Gasteiger partial charge in [0.15, 0.2) is 5.69 Å². The molecule has 146 valence electrons. The molecule has 0 aliphatic rings. The molecule has 0 aliphatic carbocycles. The van der Waals surface area contributed by atoms with E-state index in [-0.39, 0.29) is 23.0 Å². The number of benzene rings is 2. The zero-order chi connectivity index (χ0) is 20.5. The quantitative estimate of drug-likeness (QED) is 0.619. The predicted molar refractivity (Wildman–Crippen MR) is 95.8 cm³/mol. The molecule has 3 aromatic rings. The van der Waals surface area contributed by atoms with Gasteiger partial charge in [0.05, 0.1) is 5.39 Å². The molecular formula is C17H14F2N4O4S. The number of sulfonamides is 1. The summed E-state index contributed by atoms with van der Waals surface area (Å²) in [5.74, 6) is -3.12. The maximum absolute atomic E-state index is 13.7. The minimum Gasteiger partial charge on any atom is -0.272 e. The lowest BCUT2D eigenvalue weighted by molar-refractivity contribution is 0.0939. The summed E-state index contributed by atoms with van der Waals surface area (Å²) in [6.07, 6.45) is 0. The molecule has 8 nitrogen and oxygen atoms in total. The summed E-state index contributed by atoms with van der Waals surface area (Å²) < 4.78 is 52.4. The van der Waals surface area contributed by atoms with E-state index in [9.17, 15) is 26.8 Å². The van der Waals surface area contributed by atoms with Gasteiger partial charge in [-0.2, -0.15) is 5.10 Å². The van der Waals surface area contributed by atoms with Gasteiger partial charge in [0, 0.05) is 11.9 Å². The van der Waals surface area contributed by atoms with Crippen LogP contribution >= 0.6 is 0 Å². The third kappa shape index (κ3) is 3.62. The van der Waals surface area contributed by atoms with Crippen molar-refractivity contribution >= 4 is 26.7 Å². The van der Waals surface area contributed by atoms with E-state index in [2.05, 4.69) is 5.10 Å². The molecule has 0 spiro atoms. The fourth-order valence-corrected chi connectivity index (χ4v) is 3.46. The molecule has 28 heavy (non-hydrogen) atoms. The Hall–Kier alpha value is -3.18. The Labute approximate surface area is 157 Å². The summed E-state index contributed by atoms with van der Waals surface area (Å²) in [5, 5.41) is 4.39. The van der Waals surface area contributed by atoms with Crippen molar-refractivity contribution < 1.29 is 22.0 Å². The minimum atomic E-state index is -4.59. The van der Waals surface area contributed by atoms with Gasteiger partial charge in [0.1, 0.15) is 16.5 Å². The monoisotopic (exact) mass is 408 g/mol. The van der Waals surface area contributed by atoms with Crippen molar-refractivity contribution in [1.29, 1.82) is 0 Å². The van der Waals surface area contributed by atoms with E-state index in [0.29, 0.717) is 12.1 Å². The maximum atomic E-state index is 13.7. The van der Waals surface area contributed by atoms with Gasteiger partial charge in [-0.1, -0.05) is 18.2 Å². The number of carbonyl (C=O) groups is 1.